The standard InChI is InChI=1S/C22H25N3O3/c1-15-5-3-6-16(11-15)17-7-4-10-25(13-17)22(27)23-18-8-9-20-19(12-18)24(2)21(26)14-28-20/h3,5-6,8-9,11-12,17H,4,7,10,13-14H2,1-2H3,(H,23,27)/t17-/m0/s1. The Morgan fingerprint density at radius 1 is 1.21 bits per heavy atom. The molecule has 0 saturated carbocycles. The Hall–Kier alpha value is -3.02. The number of aryl methyl sites for hydroxylation is 1. The minimum atomic E-state index is -0.108. The lowest BCUT2D eigenvalue weighted by molar-refractivity contribution is -0.120. The summed E-state index contributed by atoms with van der Waals surface area (Å²) in [6.07, 6.45) is 2.08. The predicted octanol–water partition coefficient (Wildman–Crippen LogP) is 3.76. The summed E-state index contributed by atoms with van der Waals surface area (Å²) in [7, 11) is 1.71. The fourth-order valence-corrected chi connectivity index (χ4v) is 3.91. The van der Waals surface area contributed by atoms with Gasteiger partial charge in [-0.15, -0.1) is 0 Å². The normalized spacial score (nSPS) is 19.1. The molecule has 6 heteroatoms. The van der Waals surface area contributed by atoms with Gasteiger partial charge in [0.25, 0.3) is 5.91 Å². The van der Waals surface area contributed by atoms with Crippen LogP contribution in [0.15, 0.2) is 42.5 Å². The van der Waals surface area contributed by atoms with Crippen LogP contribution < -0.4 is 15.0 Å². The molecular formula is C22H25N3O3. The lowest BCUT2D eigenvalue weighted by Gasteiger charge is -2.33. The van der Waals surface area contributed by atoms with Crippen molar-refractivity contribution in [3.63, 3.8) is 0 Å². The highest BCUT2D eigenvalue weighted by atomic mass is 16.5. The van der Waals surface area contributed by atoms with E-state index < -0.39 is 0 Å². The molecule has 3 amide bonds. The molecule has 0 aliphatic carbocycles. The number of carbonyl (C=O) groups is 2. The number of amides is 3. The van der Waals surface area contributed by atoms with E-state index in [0.717, 1.165) is 19.4 Å². The number of nitrogens with zero attached hydrogens (tertiary/aromatic N) is 2. The topological polar surface area (TPSA) is 61.9 Å². The predicted molar refractivity (Wildman–Crippen MR) is 109 cm³/mol. The van der Waals surface area contributed by atoms with Crippen molar-refractivity contribution in [1.29, 1.82) is 0 Å². The molecule has 0 radical (unpaired) electrons. The van der Waals surface area contributed by atoms with Crippen molar-refractivity contribution in [2.75, 3.05) is 37.0 Å². The van der Waals surface area contributed by atoms with Gasteiger partial charge >= 0.3 is 6.03 Å². The highest BCUT2D eigenvalue weighted by molar-refractivity contribution is 5.99. The number of ether oxygens (including phenoxy) is 1. The van der Waals surface area contributed by atoms with Gasteiger partial charge in [-0.05, 0) is 43.5 Å². The Morgan fingerprint density at radius 3 is 2.89 bits per heavy atom. The Bertz CT molecular complexity index is 912. The zero-order chi connectivity index (χ0) is 19.7. The Labute approximate surface area is 165 Å². The van der Waals surface area contributed by atoms with Crippen molar-refractivity contribution in [3.8, 4) is 5.75 Å². The van der Waals surface area contributed by atoms with Gasteiger partial charge in [-0.25, -0.2) is 4.79 Å². The molecule has 146 valence electrons. The number of anilines is 2. The summed E-state index contributed by atoms with van der Waals surface area (Å²) < 4.78 is 5.44. The second-order valence-corrected chi connectivity index (χ2v) is 7.55. The monoisotopic (exact) mass is 379 g/mol. The highest BCUT2D eigenvalue weighted by Gasteiger charge is 2.26. The number of benzene rings is 2. The summed E-state index contributed by atoms with van der Waals surface area (Å²) in [6, 6.07) is 13.8. The lowest BCUT2D eigenvalue weighted by atomic mass is 9.90. The van der Waals surface area contributed by atoms with Crippen molar-refractivity contribution in [3.05, 3.63) is 53.6 Å². The lowest BCUT2D eigenvalue weighted by Crippen LogP contribution is -2.41. The van der Waals surface area contributed by atoms with Crippen molar-refractivity contribution in [1.82, 2.24) is 4.90 Å². The third kappa shape index (κ3) is 3.67. The largest absolute Gasteiger partial charge is 0.482 e. The number of fused-ring (bicyclic) bond motifs is 1. The summed E-state index contributed by atoms with van der Waals surface area (Å²) >= 11 is 0. The van der Waals surface area contributed by atoms with Crippen molar-refractivity contribution in [2.24, 2.45) is 0 Å². The van der Waals surface area contributed by atoms with E-state index >= 15 is 0 Å². The Balaban J connectivity index is 1.46. The minimum absolute atomic E-state index is 0.0450. The molecule has 1 fully saturated rings. The van der Waals surface area contributed by atoms with Crippen LogP contribution in [-0.2, 0) is 4.79 Å². The molecule has 2 aromatic rings. The zero-order valence-electron chi connectivity index (χ0n) is 16.3. The van der Waals surface area contributed by atoms with E-state index in [1.807, 2.05) is 11.0 Å². The molecule has 1 atom stereocenters. The third-order valence-electron chi connectivity index (χ3n) is 5.52. The number of rotatable bonds is 2. The smallest absolute Gasteiger partial charge is 0.321 e. The van der Waals surface area contributed by atoms with E-state index in [9.17, 15) is 9.59 Å². The van der Waals surface area contributed by atoms with Gasteiger partial charge in [0.05, 0.1) is 5.69 Å². The van der Waals surface area contributed by atoms with Crippen LogP contribution in [-0.4, -0.2) is 43.6 Å². The molecule has 28 heavy (non-hydrogen) atoms. The van der Waals surface area contributed by atoms with Crippen LogP contribution in [0.25, 0.3) is 0 Å². The molecule has 1 saturated heterocycles. The maximum atomic E-state index is 12.8. The number of urea groups is 1. The number of likely N-dealkylation sites (N-methyl/N-ethyl adjacent to an activating group) is 1. The van der Waals surface area contributed by atoms with Crippen LogP contribution in [0.5, 0.6) is 5.75 Å². The summed E-state index contributed by atoms with van der Waals surface area (Å²) in [5.41, 5.74) is 3.87. The van der Waals surface area contributed by atoms with E-state index in [4.69, 9.17) is 4.74 Å². The van der Waals surface area contributed by atoms with Crippen LogP contribution >= 0.6 is 0 Å². The molecule has 0 spiro atoms. The first-order valence-corrected chi connectivity index (χ1v) is 9.67. The SMILES string of the molecule is Cc1cccc([C@H]2CCCN(C(=O)Nc3ccc4c(c3)N(C)C(=O)CO4)C2)c1. The first-order chi connectivity index (χ1) is 13.5. The maximum absolute atomic E-state index is 12.8. The van der Waals surface area contributed by atoms with E-state index in [1.54, 1.807) is 24.1 Å². The van der Waals surface area contributed by atoms with Crippen molar-refractivity contribution >= 4 is 23.3 Å². The van der Waals surface area contributed by atoms with Gasteiger partial charge in [-0.2, -0.15) is 0 Å². The average molecular weight is 379 g/mol. The van der Waals surface area contributed by atoms with Gasteiger partial charge in [-0.1, -0.05) is 29.8 Å². The van der Waals surface area contributed by atoms with Crippen molar-refractivity contribution in [2.45, 2.75) is 25.7 Å². The fraction of sp³-hybridized carbons (Fsp3) is 0.364. The summed E-state index contributed by atoms with van der Waals surface area (Å²) in [5.74, 6) is 0.908. The maximum Gasteiger partial charge on any atom is 0.321 e. The Kier molecular flexibility index (Phi) is 4.94. The summed E-state index contributed by atoms with van der Waals surface area (Å²) in [4.78, 5) is 28.1. The quantitative estimate of drug-likeness (QED) is 0.864. The molecule has 2 aliphatic rings. The second kappa shape index (κ2) is 7.54. The van der Waals surface area contributed by atoms with Crippen LogP contribution in [0, 0.1) is 6.92 Å². The van der Waals surface area contributed by atoms with Crippen LogP contribution in [0.1, 0.15) is 29.9 Å². The molecule has 1 N–H and O–H groups in total. The third-order valence-corrected chi connectivity index (χ3v) is 5.52. The van der Waals surface area contributed by atoms with Gasteiger partial charge < -0.3 is 19.9 Å². The van der Waals surface area contributed by atoms with Crippen LogP contribution in [0.3, 0.4) is 0 Å². The molecule has 0 unspecified atom stereocenters. The molecule has 0 bridgehead atoms. The van der Waals surface area contributed by atoms with Gasteiger partial charge in [0.1, 0.15) is 5.75 Å². The van der Waals surface area contributed by atoms with E-state index in [0.29, 0.717) is 29.6 Å². The van der Waals surface area contributed by atoms with Gasteiger partial charge in [0.15, 0.2) is 6.61 Å². The van der Waals surface area contributed by atoms with E-state index in [1.165, 1.54) is 11.1 Å². The van der Waals surface area contributed by atoms with Crippen LogP contribution in [0.2, 0.25) is 0 Å². The number of hydrogen-bond acceptors (Lipinski definition) is 3. The molecule has 2 aliphatic heterocycles. The molecule has 2 aromatic carbocycles. The number of piperidine rings is 1. The van der Waals surface area contributed by atoms with E-state index in [-0.39, 0.29) is 18.5 Å². The van der Waals surface area contributed by atoms with Gasteiger partial charge in [0, 0.05) is 31.7 Å². The fourth-order valence-electron chi connectivity index (χ4n) is 3.91. The van der Waals surface area contributed by atoms with Gasteiger partial charge in [0.2, 0.25) is 0 Å². The number of hydrogen-bond donors (Lipinski definition) is 1. The number of carbonyl (C=O) groups excluding carboxylic acids is 2. The van der Waals surface area contributed by atoms with Crippen LogP contribution in [0.4, 0.5) is 16.2 Å². The molecule has 4 rings (SSSR count). The molecule has 6 nitrogen and oxygen atoms in total. The minimum Gasteiger partial charge on any atom is -0.482 e. The average Bonchev–Trinajstić information content (AvgIpc) is 2.71. The first-order valence-electron chi connectivity index (χ1n) is 9.67. The second-order valence-electron chi connectivity index (χ2n) is 7.55. The summed E-state index contributed by atoms with van der Waals surface area (Å²) in [6.45, 7) is 3.60. The first kappa shape index (κ1) is 18.3. The van der Waals surface area contributed by atoms with Gasteiger partial charge in [-0.3, -0.25) is 4.79 Å². The highest BCUT2D eigenvalue weighted by Crippen LogP contribution is 2.34. The molecular weight excluding hydrogens is 354 g/mol. The zero-order valence-corrected chi connectivity index (χ0v) is 16.3. The molecule has 0 aromatic heterocycles. The Morgan fingerprint density at radius 2 is 2.07 bits per heavy atom. The van der Waals surface area contributed by atoms with Crippen molar-refractivity contribution < 1.29 is 14.3 Å². The number of nitrogens with one attached hydrogen (secondary N) is 1. The van der Waals surface area contributed by atoms with E-state index in [2.05, 4.69) is 36.5 Å². The molecule has 2 heterocycles. The number of likely N-dealkylation sites (tertiary alicyclic amines) is 1. The summed E-state index contributed by atoms with van der Waals surface area (Å²) in [5, 5.41) is 2.97.